The lowest BCUT2D eigenvalue weighted by Gasteiger charge is -2.00. The minimum absolute atomic E-state index is 0.182. The van der Waals surface area contributed by atoms with Gasteiger partial charge in [-0.3, -0.25) is 9.59 Å². The molecule has 0 radical (unpaired) electrons. The first-order valence-corrected chi connectivity index (χ1v) is 6.45. The fourth-order valence-corrected chi connectivity index (χ4v) is 0.893. The summed E-state index contributed by atoms with van der Waals surface area (Å²) in [7, 11) is 0. The van der Waals surface area contributed by atoms with Crippen LogP contribution in [0.5, 0.6) is 0 Å². The molecule has 0 heterocycles. The number of hydrogen-bond acceptors (Lipinski definition) is 5. The SMILES string of the molecule is CCCCOC(C)=O.CCOCCC(=O)OCC. The van der Waals surface area contributed by atoms with Gasteiger partial charge in [-0.25, -0.2) is 0 Å². The summed E-state index contributed by atoms with van der Waals surface area (Å²) in [4.78, 5) is 20.7. The maximum absolute atomic E-state index is 10.6. The Hall–Kier alpha value is -1.10. The van der Waals surface area contributed by atoms with Gasteiger partial charge in [0, 0.05) is 13.5 Å². The fourth-order valence-electron chi connectivity index (χ4n) is 0.893. The molecule has 108 valence electrons. The largest absolute Gasteiger partial charge is 0.466 e. The summed E-state index contributed by atoms with van der Waals surface area (Å²) in [6.45, 7) is 9.31. The van der Waals surface area contributed by atoms with Crippen molar-refractivity contribution in [1.82, 2.24) is 0 Å². The Labute approximate surface area is 110 Å². The first-order valence-electron chi connectivity index (χ1n) is 6.45. The molecule has 5 heteroatoms. The van der Waals surface area contributed by atoms with Gasteiger partial charge in [-0.15, -0.1) is 0 Å². The van der Waals surface area contributed by atoms with E-state index >= 15 is 0 Å². The number of hydrogen-bond donors (Lipinski definition) is 0. The molecular weight excluding hydrogens is 236 g/mol. The predicted molar refractivity (Wildman–Crippen MR) is 69.3 cm³/mol. The molecule has 5 nitrogen and oxygen atoms in total. The lowest BCUT2D eigenvalue weighted by Crippen LogP contribution is -2.07. The summed E-state index contributed by atoms with van der Waals surface area (Å²) in [6.07, 6.45) is 2.41. The van der Waals surface area contributed by atoms with Crippen molar-refractivity contribution in [3.63, 3.8) is 0 Å². The minimum atomic E-state index is -0.184. The second kappa shape index (κ2) is 15.9. The van der Waals surface area contributed by atoms with Crippen LogP contribution in [0.2, 0.25) is 0 Å². The average molecular weight is 262 g/mol. The highest BCUT2D eigenvalue weighted by Gasteiger charge is 1.98. The van der Waals surface area contributed by atoms with E-state index in [-0.39, 0.29) is 11.9 Å². The molecule has 0 fully saturated rings. The van der Waals surface area contributed by atoms with E-state index in [0.29, 0.717) is 32.8 Å². The van der Waals surface area contributed by atoms with Crippen LogP contribution in [-0.4, -0.2) is 38.4 Å². The van der Waals surface area contributed by atoms with E-state index in [1.165, 1.54) is 6.92 Å². The van der Waals surface area contributed by atoms with Gasteiger partial charge in [-0.1, -0.05) is 13.3 Å². The average Bonchev–Trinajstić information content (AvgIpc) is 2.30. The van der Waals surface area contributed by atoms with Crippen LogP contribution in [0.3, 0.4) is 0 Å². The van der Waals surface area contributed by atoms with Gasteiger partial charge < -0.3 is 14.2 Å². The normalized spacial score (nSPS) is 9.11. The van der Waals surface area contributed by atoms with Crippen LogP contribution in [0.15, 0.2) is 0 Å². The maximum Gasteiger partial charge on any atom is 0.308 e. The highest BCUT2D eigenvalue weighted by Crippen LogP contribution is 1.87. The van der Waals surface area contributed by atoms with Gasteiger partial charge in [0.1, 0.15) is 0 Å². The summed E-state index contributed by atoms with van der Waals surface area (Å²) in [5, 5.41) is 0. The van der Waals surface area contributed by atoms with Gasteiger partial charge in [-0.05, 0) is 20.3 Å². The van der Waals surface area contributed by atoms with Crippen LogP contribution < -0.4 is 0 Å². The zero-order chi connectivity index (χ0) is 14.2. The number of esters is 2. The molecule has 0 aliphatic rings. The molecule has 0 spiro atoms. The lowest BCUT2D eigenvalue weighted by molar-refractivity contribution is -0.144. The number of carbonyl (C=O) groups is 2. The van der Waals surface area contributed by atoms with Gasteiger partial charge in [0.2, 0.25) is 0 Å². The number of unbranched alkanes of at least 4 members (excludes halogenated alkanes) is 1. The molecule has 0 amide bonds. The third-order valence-corrected chi connectivity index (χ3v) is 1.76. The van der Waals surface area contributed by atoms with Crippen LogP contribution in [0.1, 0.15) is 47.0 Å². The standard InChI is InChI=1S/C7H14O3.C6H12O2/c1-3-9-6-5-7(8)10-4-2;1-3-4-5-8-6(2)7/h3-6H2,1-2H3;3-5H2,1-2H3. The second-order valence-corrected chi connectivity index (χ2v) is 3.45. The molecule has 0 aliphatic carbocycles. The van der Waals surface area contributed by atoms with Crippen molar-refractivity contribution in [3.05, 3.63) is 0 Å². The molecule has 0 aromatic carbocycles. The third kappa shape index (κ3) is 20.3. The summed E-state index contributed by atoms with van der Waals surface area (Å²) in [5.74, 6) is -0.366. The second-order valence-electron chi connectivity index (χ2n) is 3.45. The molecule has 0 bridgehead atoms. The van der Waals surface area contributed by atoms with Gasteiger partial charge in [0.05, 0.1) is 26.2 Å². The Morgan fingerprint density at radius 2 is 1.61 bits per heavy atom. The number of ether oxygens (including phenoxy) is 3. The Morgan fingerprint density at radius 1 is 0.944 bits per heavy atom. The van der Waals surface area contributed by atoms with Gasteiger partial charge >= 0.3 is 11.9 Å². The molecule has 0 saturated heterocycles. The van der Waals surface area contributed by atoms with Crippen molar-refractivity contribution in [1.29, 1.82) is 0 Å². The smallest absolute Gasteiger partial charge is 0.308 e. The van der Waals surface area contributed by atoms with Crippen LogP contribution in [0.4, 0.5) is 0 Å². The summed E-state index contributed by atoms with van der Waals surface area (Å²) < 4.78 is 14.3. The molecule has 0 rings (SSSR count). The van der Waals surface area contributed by atoms with Crippen molar-refractivity contribution < 1.29 is 23.8 Å². The van der Waals surface area contributed by atoms with E-state index < -0.39 is 0 Å². The highest BCUT2D eigenvalue weighted by atomic mass is 16.5. The van der Waals surface area contributed by atoms with Gasteiger partial charge in [0.15, 0.2) is 0 Å². The van der Waals surface area contributed by atoms with Crippen LogP contribution in [-0.2, 0) is 23.8 Å². The predicted octanol–water partition coefficient (Wildman–Crippen LogP) is 2.33. The topological polar surface area (TPSA) is 61.8 Å². The molecule has 0 aromatic heterocycles. The number of carbonyl (C=O) groups excluding carboxylic acids is 2. The van der Waals surface area contributed by atoms with Crippen LogP contribution >= 0.6 is 0 Å². The van der Waals surface area contributed by atoms with E-state index in [9.17, 15) is 9.59 Å². The van der Waals surface area contributed by atoms with Crippen LogP contribution in [0.25, 0.3) is 0 Å². The Kier molecular flexibility index (Phi) is 17.0. The van der Waals surface area contributed by atoms with E-state index in [4.69, 9.17) is 4.74 Å². The van der Waals surface area contributed by atoms with E-state index in [2.05, 4.69) is 16.4 Å². The van der Waals surface area contributed by atoms with E-state index in [1.54, 1.807) is 6.92 Å². The van der Waals surface area contributed by atoms with Gasteiger partial charge in [-0.2, -0.15) is 0 Å². The number of rotatable bonds is 8. The first kappa shape index (κ1) is 19.2. The zero-order valence-electron chi connectivity index (χ0n) is 12.0. The molecule has 18 heavy (non-hydrogen) atoms. The van der Waals surface area contributed by atoms with Crippen molar-refractivity contribution in [2.24, 2.45) is 0 Å². The summed E-state index contributed by atoms with van der Waals surface area (Å²) >= 11 is 0. The molecule has 0 aliphatic heterocycles. The fraction of sp³-hybridized carbons (Fsp3) is 0.846. The molecule has 0 N–H and O–H groups in total. The monoisotopic (exact) mass is 262 g/mol. The molecule has 0 unspecified atom stereocenters. The third-order valence-electron chi connectivity index (χ3n) is 1.76. The first-order chi connectivity index (χ1) is 8.58. The summed E-state index contributed by atoms with van der Waals surface area (Å²) in [5.41, 5.74) is 0. The van der Waals surface area contributed by atoms with Crippen molar-refractivity contribution in [2.75, 3.05) is 26.4 Å². The van der Waals surface area contributed by atoms with Gasteiger partial charge in [0.25, 0.3) is 0 Å². The summed E-state index contributed by atoms with van der Waals surface area (Å²) in [6, 6.07) is 0. The van der Waals surface area contributed by atoms with Crippen molar-refractivity contribution in [3.8, 4) is 0 Å². The quantitative estimate of drug-likeness (QED) is 0.496. The van der Waals surface area contributed by atoms with Crippen molar-refractivity contribution >= 4 is 11.9 Å². The van der Waals surface area contributed by atoms with Crippen molar-refractivity contribution in [2.45, 2.75) is 47.0 Å². The van der Waals surface area contributed by atoms with E-state index in [0.717, 1.165) is 12.8 Å². The zero-order valence-corrected chi connectivity index (χ0v) is 12.0. The molecular formula is C13H26O5. The maximum atomic E-state index is 10.6. The van der Waals surface area contributed by atoms with E-state index in [1.807, 2.05) is 6.92 Å². The lowest BCUT2D eigenvalue weighted by atomic mass is 10.4. The Bertz CT molecular complexity index is 204. The highest BCUT2D eigenvalue weighted by molar-refractivity contribution is 5.69. The Morgan fingerprint density at radius 3 is 2.06 bits per heavy atom. The van der Waals surface area contributed by atoms with Crippen LogP contribution in [0, 0.1) is 0 Å². The minimum Gasteiger partial charge on any atom is -0.466 e. The molecule has 0 aromatic rings. The molecule has 0 atom stereocenters. The Balaban J connectivity index is 0. The molecule has 0 saturated carbocycles.